The summed E-state index contributed by atoms with van der Waals surface area (Å²) in [7, 11) is -1.73. The molecule has 0 radical (unpaired) electrons. The summed E-state index contributed by atoms with van der Waals surface area (Å²) in [6, 6.07) is 1.87. The molecule has 6 nitrogen and oxygen atoms in total. The minimum atomic E-state index is -3.53. The molecule has 18 heavy (non-hydrogen) atoms. The van der Waals surface area contributed by atoms with Gasteiger partial charge in [0.05, 0.1) is 25.2 Å². The van der Waals surface area contributed by atoms with Gasteiger partial charge < -0.3 is 13.6 Å². The van der Waals surface area contributed by atoms with Crippen molar-refractivity contribution >= 4 is 13.7 Å². The van der Waals surface area contributed by atoms with E-state index >= 15 is 0 Å². The van der Waals surface area contributed by atoms with Gasteiger partial charge in [0.25, 0.3) is 0 Å². The molecule has 0 unspecified atom stereocenters. The van der Waals surface area contributed by atoms with Crippen LogP contribution in [0.5, 0.6) is 0 Å². The Hall–Kier alpha value is -1.41. The van der Waals surface area contributed by atoms with Gasteiger partial charge in [-0.1, -0.05) is 0 Å². The van der Waals surface area contributed by atoms with Crippen LogP contribution in [-0.4, -0.2) is 22.8 Å². The van der Waals surface area contributed by atoms with Gasteiger partial charge >= 0.3 is 7.60 Å². The van der Waals surface area contributed by atoms with Gasteiger partial charge in [-0.3, -0.25) is 4.57 Å². The van der Waals surface area contributed by atoms with E-state index in [1.165, 1.54) is 6.08 Å². The summed E-state index contributed by atoms with van der Waals surface area (Å²) in [6.45, 7) is 3.81. The summed E-state index contributed by atoms with van der Waals surface area (Å²) in [5.74, 6) is 0. The predicted molar refractivity (Wildman–Crippen MR) is 67.7 cm³/mol. The summed E-state index contributed by atoms with van der Waals surface area (Å²) < 4.78 is 24.3. The maximum absolute atomic E-state index is 12.4. The summed E-state index contributed by atoms with van der Waals surface area (Å²) in [5, 5.41) is 9.06. The zero-order chi connectivity index (χ0) is 13.6. The van der Waals surface area contributed by atoms with Gasteiger partial charge in [0, 0.05) is 13.2 Å². The molecule has 0 N–H and O–H groups in total. The maximum Gasteiger partial charge on any atom is 0.371 e. The van der Waals surface area contributed by atoms with Crippen molar-refractivity contribution in [1.82, 2.24) is 9.55 Å². The smallest absolute Gasteiger partial charge is 0.340 e. The lowest BCUT2D eigenvalue weighted by Crippen LogP contribution is -1.97. The normalized spacial score (nSPS) is 12.4. The molecule has 0 bridgehead atoms. The average molecular weight is 269 g/mol. The molecular formula is C11H16N3O3P. The van der Waals surface area contributed by atoms with Gasteiger partial charge in [0.2, 0.25) is 0 Å². The van der Waals surface area contributed by atoms with Crippen molar-refractivity contribution in [1.29, 1.82) is 5.26 Å². The van der Waals surface area contributed by atoms with Crippen molar-refractivity contribution in [2.75, 3.05) is 13.2 Å². The van der Waals surface area contributed by atoms with Crippen molar-refractivity contribution in [3.8, 4) is 6.07 Å². The molecule has 0 amide bonds. The Bertz CT molecular complexity index is 506. The summed E-state index contributed by atoms with van der Waals surface area (Å²) in [4.78, 5) is 4.04. The van der Waals surface area contributed by atoms with E-state index in [1.807, 2.05) is 6.07 Å². The van der Waals surface area contributed by atoms with Crippen LogP contribution in [0.4, 0.5) is 0 Å². The van der Waals surface area contributed by atoms with Gasteiger partial charge in [0.1, 0.15) is 11.4 Å². The van der Waals surface area contributed by atoms with Crippen molar-refractivity contribution in [3.63, 3.8) is 0 Å². The second-order valence-electron chi connectivity index (χ2n) is 3.44. The fraction of sp³-hybridized carbons (Fsp3) is 0.455. The molecule has 1 aromatic heterocycles. The standard InChI is InChI=1S/C11H16N3O3P/c1-4-16-18(15,17-5-2)11(7-12)6-10-8-14(3)9-13-10/h6,8-9H,4-5H2,1-3H3/b11-6+. The SMILES string of the molecule is CCOP(=O)(OCC)/C(C#N)=C/c1cn(C)cn1. The second kappa shape index (κ2) is 6.50. The van der Waals surface area contributed by atoms with Crippen LogP contribution >= 0.6 is 7.60 Å². The number of rotatable bonds is 6. The first-order chi connectivity index (χ1) is 8.55. The first-order valence-corrected chi connectivity index (χ1v) is 7.09. The van der Waals surface area contributed by atoms with Gasteiger partial charge in [-0.2, -0.15) is 5.26 Å². The molecule has 98 valence electrons. The topological polar surface area (TPSA) is 77.1 Å². The highest BCUT2D eigenvalue weighted by Crippen LogP contribution is 2.56. The summed E-state index contributed by atoms with van der Waals surface area (Å²) in [5.41, 5.74) is 0.536. The van der Waals surface area contributed by atoms with Crippen LogP contribution in [-0.2, 0) is 20.7 Å². The van der Waals surface area contributed by atoms with E-state index in [-0.39, 0.29) is 18.5 Å². The number of allylic oxidation sites excluding steroid dienone is 1. The molecule has 0 fully saturated rings. The van der Waals surface area contributed by atoms with Crippen molar-refractivity contribution in [2.24, 2.45) is 7.05 Å². The minimum absolute atomic E-state index is 0.0371. The fourth-order valence-corrected chi connectivity index (χ4v) is 2.78. The lowest BCUT2D eigenvalue weighted by Gasteiger charge is -2.15. The van der Waals surface area contributed by atoms with Gasteiger partial charge in [0.15, 0.2) is 0 Å². The van der Waals surface area contributed by atoms with Crippen molar-refractivity contribution in [2.45, 2.75) is 13.8 Å². The summed E-state index contributed by atoms with van der Waals surface area (Å²) in [6.07, 6.45) is 4.72. The highest BCUT2D eigenvalue weighted by Gasteiger charge is 2.30. The molecule has 0 spiro atoms. The highest BCUT2D eigenvalue weighted by molar-refractivity contribution is 7.59. The third-order valence-electron chi connectivity index (χ3n) is 2.02. The molecule has 0 aromatic carbocycles. The lowest BCUT2D eigenvalue weighted by molar-refractivity contribution is 0.227. The van der Waals surface area contributed by atoms with Crippen LogP contribution < -0.4 is 0 Å². The van der Waals surface area contributed by atoms with E-state index in [9.17, 15) is 4.57 Å². The average Bonchev–Trinajstić information content (AvgIpc) is 2.72. The Kier molecular flexibility index (Phi) is 5.29. The van der Waals surface area contributed by atoms with E-state index in [0.29, 0.717) is 5.69 Å². The Morgan fingerprint density at radius 1 is 1.56 bits per heavy atom. The highest BCUT2D eigenvalue weighted by atomic mass is 31.2. The van der Waals surface area contributed by atoms with Gasteiger partial charge in [-0.25, -0.2) is 4.98 Å². The first kappa shape index (κ1) is 14.7. The quantitative estimate of drug-likeness (QED) is 0.586. The number of hydrogen-bond acceptors (Lipinski definition) is 5. The third kappa shape index (κ3) is 3.54. The number of hydrogen-bond donors (Lipinski definition) is 0. The van der Waals surface area contributed by atoms with Crippen LogP contribution in [0.2, 0.25) is 0 Å². The number of imidazole rings is 1. The zero-order valence-corrected chi connectivity index (χ0v) is 11.6. The predicted octanol–water partition coefficient (Wildman–Crippen LogP) is 2.55. The Balaban J connectivity index is 3.11. The second-order valence-corrected chi connectivity index (χ2v) is 5.43. The molecule has 0 aliphatic rings. The number of nitriles is 1. The molecule has 1 heterocycles. The first-order valence-electron chi connectivity index (χ1n) is 5.55. The molecule has 0 aliphatic heterocycles. The molecular weight excluding hydrogens is 253 g/mol. The molecule has 0 aliphatic carbocycles. The Labute approximate surface area is 106 Å². The van der Waals surface area contributed by atoms with Gasteiger partial charge in [-0.15, -0.1) is 0 Å². The molecule has 0 atom stereocenters. The molecule has 1 aromatic rings. The minimum Gasteiger partial charge on any atom is -0.340 e. The van der Waals surface area contributed by atoms with Gasteiger partial charge in [-0.05, 0) is 19.9 Å². The van der Waals surface area contributed by atoms with Crippen LogP contribution in [0.15, 0.2) is 17.8 Å². The molecule has 7 heteroatoms. The van der Waals surface area contributed by atoms with Crippen molar-refractivity contribution in [3.05, 3.63) is 23.5 Å². The van der Waals surface area contributed by atoms with Crippen LogP contribution in [0, 0.1) is 11.3 Å². The number of nitrogens with zero attached hydrogens (tertiary/aromatic N) is 3. The third-order valence-corrected chi connectivity index (χ3v) is 4.03. The Morgan fingerprint density at radius 3 is 2.56 bits per heavy atom. The van der Waals surface area contributed by atoms with E-state index in [0.717, 1.165) is 0 Å². The van der Waals surface area contributed by atoms with E-state index in [4.69, 9.17) is 14.3 Å². The maximum atomic E-state index is 12.4. The zero-order valence-electron chi connectivity index (χ0n) is 10.7. The van der Waals surface area contributed by atoms with Crippen molar-refractivity contribution < 1.29 is 13.6 Å². The van der Waals surface area contributed by atoms with Crippen LogP contribution in [0.25, 0.3) is 6.08 Å². The summed E-state index contributed by atoms with van der Waals surface area (Å²) >= 11 is 0. The lowest BCUT2D eigenvalue weighted by atomic mass is 10.4. The number of aryl methyl sites for hydroxylation is 1. The Morgan fingerprint density at radius 2 is 2.17 bits per heavy atom. The molecule has 0 saturated carbocycles. The number of aromatic nitrogens is 2. The van der Waals surface area contributed by atoms with E-state index in [2.05, 4.69) is 4.98 Å². The van der Waals surface area contributed by atoms with Crippen LogP contribution in [0.1, 0.15) is 19.5 Å². The van der Waals surface area contributed by atoms with Crippen LogP contribution in [0.3, 0.4) is 0 Å². The molecule has 0 saturated heterocycles. The van der Waals surface area contributed by atoms with E-state index < -0.39 is 7.60 Å². The van der Waals surface area contributed by atoms with E-state index in [1.54, 1.807) is 38.0 Å². The monoisotopic (exact) mass is 269 g/mol. The fourth-order valence-electron chi connectivity index (χ4n) is 1.34. The molecule has 1 rings (SSSR count). The largest absolute Gasteiger partial charge is 0.371 e.